The van der Waals surface area contributed by atoms with Gasteiger partial charge in [0.2, 0.25) is 11.8 Å². The molecule has 0 bridgehead atoms. The molecule has 392 valence electrons. The van der Waals surface area contributed by atoms with Gasteiger partial charge in [0.1, 0.15) is 73.2 Å². The summed E-state index contributed by atoms with van der Waals surface area (Å²) in [6.07, 6.45) is -13.0. The second-order valence-electron chi connectivity index (χ2n) is 20.5. The molecule has 23 heteroatoms. The van der Waals surface area contributed by atoms with Gasteiger partial charge in [-0.15, -0.1) is 0 Å². The minimum atomic E-state index is -1.15. The number of ether oxygens (including phenoxy) is 14. The van der Waals surface area contributed by atoms with Crippen molar-refractivity contribution in [2.75, 3.05) is 27.9 Å². The van der Waals surface area contributed by atoms with Gasteiger partial charge in [0.15, 0.2) is 29.9 Å². The number of carbonyl (C=O) groups excluding carboxylic acids is 5. The Morgan fingerprint density at radius 3 is 1.51 bits per heavy atom. The fourth-order valence-electron chi connectivity index (χ4n) is 9.77. The molecule has 70 heavy (non-hydrogen) atoms. The van der Waals surface area contributed by atoms with Crippen LogP contribution in [0.25, 0.3) is 0 Å². The summed E-state index contributed by atoms with van der Waals surface area (Å²) >= 11 is 0. The van der Waals surface area contributed by atoms with Crippen LogP contribution in [0.4, 0.5) is 9.59 Å². The Kier molecular flexibility index (Phi) is 16.4. The lowest BCUT2D eigenvalue weighted by Gasteiger charge is -2.32. The number of hydrogen-bond acceptors (Lipinski definition) is 19. The zero-order valence-electron chi connectivity index (χ0n) is 41.8. The minimum Gasteiger partial charge on any atom is -0.469 e. The number of rotatable bonds is 18. The SMILES string of the molecule is COC(=O)C[C@H](NC(=O)C[C@@H](NC(=O)C[C@H](NC(=O)OCc1ccccc1)[C@H]1O[C@H](CNC(=O)OC(C)(C)C)[C@H]2OC(C)(C)O[C@@H]12)[C@H]1O[C@H](OC)[C@H]2OC(C)(C)O[C@H]21)[C@H]1O[C@H](OC)[C@H]2OC(C)(C)O[C@H]21. The molecular weight excluding hydrogens is 925 g/mol. The van der Waals surface area contributed by atoms with Gasteiger partial charge in [-0.2, -0.15) is 0 Å². The van der Waals surface area contributed by atoms with Crippen LogP contribution in [0, 0.1) is 0 Å². The van der Waals surface area contributed by atoms with E-state index in [1.54, 1.807) is 86.6 Å². The zero-order chi connectivity index (χ0) is 50.9. The maximum atomic E-state index is 14.7. The molecule has 0 aromatic heterocycles. The van der Waals surface area contributed by atoms with Crippen LogP contribution < -0.4 is 21.3 Å². The Balaban J connectivity index is 1.14. The van der Waals surface area contributed by atoms with Crippen LogP contribution in [0.5, 0.6) is 0 Å². The van der Waals surface area contributed by atoms with Crippen molar-refractivity contribution in [2.45, 2.75) is 203 Å². The molecule has 0 spiro atoms. The number of hydrogen-bond donors (Lipinski definition) is 4. The van der Waals surface area contributed by atoms with E-state index in [2.05, 4.69) is 21.3 Å². The maximum Gasteiger partial charge on any atom is 0.407 e. The van der Waals surface area contributed by atoms with E-state index in [0.29, 0.717) is 0 Å². The first-order valence-electron chi connectivity index (χ1n) is 23.6. The number of benzene rings is 1. The highest BCUT2D eigenvalue weighted by atomic mass is 16.8. The van der Waals surface area contributed by atoms with Gasteiger partial charge in [-0.3, -0.25) is 14.4 Å². The highest BCUT2D eigenvalue weighted by molar-refractivity contribution is 5.81. The summed E-state index contributed by atoms with van der Waals surface area (Å²) in [7, 11) is 4.10. The number of fused-ring (bicyclic) bond motifs is 3. The van der Waals surface area contributed by atoms with Crippen LogP contribution >= 0.6 is 0 Å². The summed E-state index contributed by atoms with van der Waals surface area (Å²) in [5.41, 5.74) is -0.0500. The van der Waals surface area contributed by atoms with E-state index in [1.807, 2.05) is 6.07 Å². The lowest BCUT2D eigenvalue weighted by atomic mass is 9.97. The van der Waals surface area contributed by atoms with E-state index >= 15 is 0 Å². The van der Waals surface area contributed by atoms with Crippen LogP contribution in [0.2, 0.25) is 0 Å². The van der Waals surface area contributed by atoms with Gasteiger partial charge in [-0.1, -0.05) is 30.3 Å². The Hall–Kier alpha value is -4.27. The van der Waals surface area contributed by atoms with Gasteiger partial charge < -0.3 is 87.6 Å². The molecule has 4 amide bonds. The highest BCUT2D eigenvalue weighted by Gasteiger charge is 2.61. The molecule has 6 aliphatic rings. The molecule has 15 atom stereocenters. The molecule has 6 fully saturated rings. The fourth-order valence-corrected chi connectivity index (χ4v) is 9.77. The first kappa shape index (κ1) is 53.5. The second-order valence-corrected chi connectivity index (χ2v) is 20.5. The largest absolute Gasteiger partial charge is 0.469 e. The molecule has 6 aliphatic heterocycles. The average molecular weight is 995 g/mol. The average Bonchev–Trinajstić information content (AvgIpc) is 4.09. The van der Waals surface area contributed by atoms with Crippen LogP contribution in [0.15, 0.2) is 30.3 Å². The molecule has 7 rings (SSSR count). The molecule has 0 saturated carbocycles. The second kappa shape index (κ2) is 21.4. The standard InChI is InChI=1S/C47H70N4O19/c1-44(2,3)70-42(55)48-21-27-34-35(65-45(4,5)64-34)31(61-27)25(51-43(56)60-22-23-16-14-13-15-17-23)19-29(53)49-24(32-36-38(40(58-11)62-32)68-46(6,7)66-36)18-28(52)50-26(20-30(54)57-10)33-37-39(41(59-12)63-33)69-47(8,9)67-37/h13-17,24-27,31-41H,18-22H2,1-12H3,(H,48,55)(H,49,53)(H,50,52)(H,51,56)/t24-,25+,26+,27-,31-,32-,33-,34-,35+,36+,37+,38+,39+,40+,41+/m1/s1. The van der Waals surface area contributed by atoms with Gasteiger partial charge in [-0.05, 0) is 67.9 Å². The summed E-state index contributed by atoms with van der Waals surface area (Å²) < 4.78 is 83.6. The quantitative estimate of drug-likeness (QED) is 0.121. The van der Waals surface area contributed by atoms with Crippen molar-refractivity contribution in [1.82, 2.24) is 21.3 Å². The molecule has 1 aromatic rings. The van der Waals surface area contributed by atoms with Gasteiger partial charge in [0.25, 0.3) is 0 Å². The van der Waals surface area contributed by atoms with Gasteiger partial charge in [0, 0.05) is 33.6 Å². The smallest absolute Gasteiger partial charge is 0.407 e. The Morgan fingerprint density at radius 2 is 1.03 bits per heavy atom. The Labute approximate surface area is 407 Å². The number of esters is 1. The predicted octanol–water partition coefficient (Wildman–Crippen LogP) is 2.19. The van der Waals surface area contributed by atoms with Crippen molar-refractivity contribution in [3.05, 3.63) is 35.9 Å². The highest BCUT2D eigenvalue weighted by Crippen LogP contribution is 2.43. The fraction of sp³-hybridized carbons (Fsp3) is 0.766. The lowest BCUT2D eigenvalue weighted by molar-refractivity contribution is -0.230. The van der Waals surface area contributed by atoms with Crippen molar-refractivity contribution in [3.63, 3.8) is 0 Å². The third-order valence-corrected chi connectivity index (χ3v) is 12.4. The molecule has 4 N–H and O–H groups in total. The summed E-state index contributed by atoms with van der Waals surface area (Å²) in [6, 6.07) is 5.71. The summed E-state index contributed by atoms with van der Waals surface area (Å²) in [6.45, 7) is 15.4. The van der Waals surface area contributed by atoms with E-state index in [9.17, 15) is 24.0 Å². The minimum absolute atomic E-state index is 0.0610. The topological polar surface area (TPSA) is 263 Å². The molecule has 6 saturated heterocycles. The lowest BCUT2D eigenvalue weighted by Crippen LogP contribution is -2.56. The van der Waals surface area contributed by atoms with Crippen molar-refractivity contribution in [3.8, 4) is 0 Å². The third kappa shape index (κ3) is 13.0. The zero-order valence-corrected chi connectivity index (χ0v) is 41.8. The number of alkyl carbamates (subject to hydrolysis) is 2. The van der Waals surface area contributed by atoms with E-state index in [4.69, 9.17) is 66.3 Å². The molecule has 6 heterocycles. The monoisotopic (exact) mass is 994 g/mol. The van der Waals surface area contributed by atoms with Crippen LogP contribution in [0.1, 0.15) is 87.1 Å². The van der Waals surface area contributed by atoms with Gasteiger partial charge in [0.05, 0.1) is 31.7 Å². The summed E-state index contributed by atoms with van der Waals surface area (Å²) in [5, 5.41) is 11.4. The van der Waals surface area contributed by atoms with E-state index in [0.717, 1.165) is 5.56 Å². The molecular formula is C47H70N4O19. The van der Waals surface area contributed by atoms with Crippen LogP contribution in [-0.4, -0.2) is 173 Å². The first-order valence-corrected chi connectivity index (χ1v) is 23.6. The van der Waals surface area contributed by atoms with Crippen molar-refractivity contribution in [1.29, 1.82) is 0 Å². The maximum absolute atomic E-state index is 14.7. The number of carbonyl (C=O) groups is 5. The van der Waals surface area contributed by atoms with Crippen LogP contribution in [0.3, 0.4) is 0 Å². The van der Waals surface area contributed by atoms with Gasteiger partial charge >= 0.3 is 18.2 Å². The van der Waals surface area contributed by atoms with E-state index < -0.39 is 158 Å². The Bertz CT molecular complexity index is 2020. The number of nitrogens with one attached hydrogen (secondary N) is 4. The summed E-state index contributed by atoms with van der Waals surface area (Å²) in [4.78, 5) is 68.4. The molecule has 0 unspecified atom stereocenters. The van der Waals surface area contributed by atoms with Crippen molar-refractivity contribution < 1.29 is 90.3 Å². The van der Waals surface area contributed by atoms with E-state index in [1.165, 1.54) is 21.3 Å². The van der Waals surface area contributed by atoms with Crippen molar-refractivity contribution >= 4 is 30.0 Å². The van der Waals surface area contributed by atoms with Crippen LogP contribution in [-0.2, 0) is 87.3 Å². The molecule has 0 aliphatic carbocycles. The predicted molar refractivity (Wildman–Crippen MR) is 239 cm³/mol. The molecule has 1 aromatic carbocycles. The summed E-state index contributed by atoms with van der Waals surface area (Å²) in [5.74, 6) is -5.14. The molecule has 23 nitrogen and oxygen atoms in total. The Morgan fingerprint density at radius 1 is 0.586 bits per heavy atom. The van der Waals surface area contributed by atoms with Gasteiger partial charge in [-0.25, -0.2) is 9.59 Å². The van der Waals surface area contributed by atoms with Crippen molar-refractivity contribution in [2.24, 2.45) is 0 Å². The number of methoxy groups -OCH3 is 3. The third-order valence-electron chi connectivity index (χ3n) is 12.4. The first-order chi connectivity index (χ1) is 32.9. The number of amides is 4. The van der Waals surface area contributed by atoms with E-state index in [-0.39, 0.29) is 19.6 Å². The molecule has 0 radical (unpaired) electrons. The normalized spacial score (nSPS) is 33.5.